The number of nitrogens with one attached hydrogen (secondary N) is 1. The van der Waals surface area contributed by atoms with Crippen LogP contribution in [-0.2, 0) is 6.54 Å². The quantitative estimate of drug-likeness (QED) is 0.903. The summed E-state index contributed by atoms with van der Waals surface area (Å²) in [6.45, 7) is 0.530. The number of hydrogen-bond donors (Lipinski definition) is 2. The van der Waals surface area contributed by atoms with Gasteiger partial charge in [-0.25, -0.2) is 0 Å². The van der Waals surface area contributed by atoms with Crippen molar-refractivity contribution in [1.82, 2.24) is 15.1 Å². The van der Waals surface area contributed by atoms with Gasteiger partial charge in [0.15, 0.2) is 0 Å². The summed E-state index contributed by atoms with van der Waals surface area (Å²) in [7, 11) is 0. The SMILES string of the molecule is O=C(NC1CCC(O)CC1)c1cnn(Cc2ccccc2Cl)c1. The van der Waals surface area contributed by atoms with Crippen molar-refractivity contribution in [2.75, 3.05) is 0 Å². The second kappa shape index (κ2) is 7.15. The molecule has 5 nitrogen and oxygen atoms in total. The van der Waals surface area contributed by atoms with Crippen molar-refractivity contribution in [2.45, 2.75) is 44.4 Å². The van der Waals surface area contributed by atoms with E-state index in [9.17, 15) is 9.90 Å². The number of halogens is 1. The fourth-order valence-corrected chi connectivity index (χ4v) is 3.05. The Balaban J connectivity index is 1.60. The third-order valence-electron chi connectivity index (χ3n) is 4.22. The molecule has 6 heteroatoms. The topological polar surface area (TPSA) is 67.2 Å². The van der Waals surface area contributed by atoms with Gasteiger partial charge in [-0.3, -0.25) is 9.48 Å². The minimum absolute atomic E-state index is 0.114. The van der Waals surface area contributed by atoms with Crippen LogP contribution >= 0.6 is 11.6 Å². The summed E-state index contributed by atoms with van der Waals surface area (Å²) in [5.74, 6) is -0.114. The molecule has 0 bridgehead atoms. The summed E-state index contributed by atoms with van der Waals surface area (Å²) in [4.78, 5) is 12.3. The number of aliphatic hydroxyl groups is 1. The molecule has 3 rings (SSSR count). The summed E-state index contributed by atoms with van der Waals surface area (Å²) >= 11 is 6.14. The Bertz CT molecular complexity index is 678. The smallest absolute Gasteiger partial charge is 0.254 e. The highest BCUT2D eigenvalue weighted by atomic mass is 35.5. The van der Waals surface area contributed by atoms with Crippen molar-refractivity contribution in [2.24, 2.45) is 0 Å². The zero-order valence-electron chi connectivity index (χ0n) is 12.8. The molecule has 1 aromatic heterocycles. The second-order valence-corrected chi connectivity index (χ2v) is 6.40. The van der Waals surface area contributed by atoms with Crippen molar-refractivity contribution >= 4 is 17.5 Å². The second-order valence-electron chi connectivity index (χ2n) is 6.00. The van der Waals surface area contributed by atoms with Gasteiger partial charge in [-0.15, -0.1) is 0 Å². The molecule has 2 aromatic rings. The minimum atomic E-state index is -0.221. The number of amides is 1. The van der Waals surface area contributed by atoms with E-state index >= 15 is 0 Å². The Morgan fingerprint density at radius 1 is 1.30 bits per heavy atom. The molecule has 0 atom stereocenters. The molecule has 23 heavy (non-hydrogen) atoms. The molecule has 1 heterocycles. The number of aliphatic hydroxyl groups excluding tert-OH is 1. The first kappa shape index (κ1) is 16.0. The van der Waals surface area contributed by atoms with Gasteiger partial charge in [-0.2, -0.15) is 5.10 Å². The minimum Gasteiger partial charge on any atom is -0.393 e. The van der Waals surface area contributed by atoms with Crippen LogP contribution in [0.15, 0.2) is 36.7 Å². The normalized spacial score (nSPS) is 21.1. The maximum Gasteiger partial charge on any atom is 0.254 e. The van der Waals surface area contributed by atoms with Gasteiger partial charge in [0, 0.05) is 17.3 Å². The predicted molar refractivity (Wildman–Crippen MR) is 88.5 cm³/mol. The number of aromatic nitrogens is 2. The van der Waals surface area contributed by atoms with Crippen LogP contribution in [0.25, 0.3) is 0 Å². The van der Waals surface area contributed by atoms with E-state index in [2.05, 4.69) is 10.4 Å². The predicted octanol–water partition coefficient (Wildman–Crippen LogP) is 2.62. The van der Waals surface area contributed by atoms with Gasteiger partial charge in [0.2, 0.25) is 0 Å². The Morgan fingerprint density at radius 3 is 2.78 bits per heavy atom. The first-order valence-electron chi connectivity index (χ1n) is 7.86. The maximum atomic E-state index is 12.3. The molecule has 1 aliphatic carbocycles. The molecule has 1 saturated carbocycles. The fraction of sp³-hybridized carbons (Fsp3) is 0.412. The number of hydrogen-bond acceptors (Lipinski definition) is 3. The van der Waals surface area contributed by atoms with E-state index in [1.165, 1.54) is 0 Å². The molecule has 0 aliphatic heterocycles. The zero-order valence-corrected chi connectivity index (χ0v) is 13.5. The van der Waals surface area contributed by atoms with Gasteiger partial charge in [0.05, 0.1) is 24.4 Å². The Morgan fingerprint density at radius 2 is 2.04 bits per heavy atom. The van der Waals surface area contributed by atoms with Gasteiger partial charge in [-0.05, 0) is 37.3 Å². The molecule has 0 spiro atoms. The lowest BCUT2D eigenvalue weighted by Crippen LogP contribution is -2.38. The number of nitrogens with zero attached hydrogens (tertiary/aromatic N) is 2. The third-order valence-corrected chi connectivity index (χ3v) is 4.59. The van der Waals surface area contributed by atoms with Crippen LogP contribution in [0, 0.1) is 0 Å². The highest BCUT2D eigenvalue weighted by Gasteiger charge is 2.21. The first-order chi connectivity index (χ1) is 11.1. The summed E-state index contributed by atoms with van der Waals surface area (Å²) in [5.41, 5.74) is 1.51. The third kappa shape index (κ3) is 4.12. The lowest BCUT2D eigenvalue weighted by atomic mass is 9.93. The Kier molecular flexibility index (Phi) is 4.98. The van der Waals surface area contributed by atoms with Crippen LogP contribution in [0.1, 0.15) is 41.6 Å². The van der Waals surface area contributed by atoms with Crippen LogP contribution in [0.3, 0.4) is 0 Å². The van der Waals surface area contributed by atoms with Gasteiger partial charge in [-0.1, -0.05) is 29.8 Å². The highest BCUT2D eigenvalue weighted by Crippen LogP contribution is 2.19. The molecule has 2 N–H and O–H groups in total. The largest absolute Gasteiger partial charge is 0.393 e. The number of rotatable bonds is 4. The van der Waals surface area contributed by atoms with E-state index < -0.39 is 0 Å². The van der Waals surface area contributed by atoms with Crippen LogP contribution in [0.4, 0.5) is 0 Å². The lowest BCUT2D eigenvalue weighted by Gasteiger charge is -2.25. The van der Waals surface area contributed by atoms with E-state index in [-0.39, 0.29) is 18.1 Å². The lowest BCUT2D eigenvalue weighted by molar-refractivity contribution is 0.0867. The monoisotopic (exact) mass is 333 g/mol. The molecule has 0 radical (unpaired) electrons. The molecular weight excluding hydrogens is 314 g/mol. The summed E-state index contributed by atoms with van der Waals surface area (Å²) in [6.07, 6.45) is 6.22. The molecular formula is C17H20ClN3O2. The van der Waals surface area contributed by atoms with Gasteiger partial charge in [0.25, 0.3) is 5.91 Å². The molecule has 1 aliphatic rings. The molecule has 0 unspecified atom stereocenters. The fourth-order valence-electron chi connectivity index (χ4n) is 2.86. The molecule has 0 saturated heterocycles. The summed E-state index contributed by atoms with van der Waals surface area (Å²) in [5, 5.41) is 17.4. The highest BCUT2D eigenvalue weighted by molar-refractivity contribution is 6.31. The Labute approximate surface area is 140 Å². The number of carbonyl (C=O) groups is 1. The maximum absolute atomic E-state index is 12.3. The van der Waals surface area contributed by atoms with E-state index in [1.807, 2.05) is 24.3 Å². The van der Waals surface area contributed by atoms with Crippen molar-refractivity contribution in [1.29, 1.82) is 0 Å². The van der Waals surface area contributed by atoms with Gasteiger partial charge < -0.3 is 10.4 Å². The zero-order chi connectivity index (χ0) is 16.2. The van der Waals surface area contributed by atoms with Crippen molar-refractivity contribution in [3.05, 3.63) is 52.8 Å². The Hall–Kier alpha value is -1.85. The van der Waals surface area contributed by atoms with Crippen LogP contribution < -0.4 is 5.32 Å². The van der Waals surface area contributed by atoms with E-state index in [0.717, 1.165) is 31.2 Å². The average molecular weight is 334 g/mol. The van der Waals surface area contributed by atoms with E-state index in [0.29, 0.717) is 17.1 Å². The van der Waals surface area contributed by atoms with Crippen LogP contribution in [0.2, 0.25) is 5.02 Å². The molecule has 1 amide bonds. The number of benzene rings is 1. The summed E-state index contributed by atoms with van der Waals surface area (Å²) < 4.78 is 1.71. The summed E-state index contributed by atoms with van der Waals surface area (Å²) in [6, 6.07) is 7.73. The van der Waals surface area contributed by atoms with Crippen molar-refractivity contribution < 1.29 is 9.90 Å². The molecule has 1 aromatic carbocycles. The van der Waals surface area contributed by atoms with Gasteiger partial charge in [0.1, 0.15) is 0 Å². The molecule has 122 valence electrons. The van der Waals surface area contributed by atoms with E-state index in [4.69, 9.17) is 11.6 Å². The van der Waals surface area contributed by atoms with Crippen LogP contribution in [0.5, 0.6) is 0 Å². The first-order valence-corrected chi connectivity index (χ1v) is 8.24. The van der Waals surface area contributed by atoms with Crippen molar-refractivity contribution in [3.8, 4) is 0 Å². The van der Waals surface area contributed by atoms with Crippen molar-refractivity contribution in [3.63, 3.8) is 0 Å². The standard InChI is InChI=1S/C17H20ClN3O2/c18-16-4-2-1-3-12(16)10-21-11-13(9-19-21)17(23)20-14-5-7-15(22)8-6-14/h1-4,9,11,14-15,22H,5-8,10H2,(H,20,23). The van der Waals surface area contributed by atoms with E-state index in [1.54, 1.807) is 17.1 Å². The molecule has 1 fully saturated rings. The van der Waals surface area contributed by atoms with Crippen LogP contribution in [-0.4, -0.2) is 32.9 Å². The van der Waals surface area contributed by atoms with Gasteiger partial charge >= 0.3 is 0 Å². The number of carbonyl (C=O) groups excluding carboxylic acids is 1. The average Bonchev–Trinajstić information content (AvgIpc) is 3.01.